The summed E-state index contributed by atoms with van der Waals surface area (Å²) in [7, 11) is -3.18. The summed E-state index contributed by atoms with van der Waals surface area (Å²) >= 11 is 1.38. The number of hydrogen-bond acceptors (Lipinski definition) is 23. The number of carboxylic acids is 2. The molecule has 2 aliphatic heterocycles. The van der Waals surface area contributed by atoms with E-state index < -0.39 is 99.9 Å². The molecule has 6 amide bonds. The molecule has 0 radical (unpaired) electrons. The molecule has 4 bridgehead atoms. The van der Waals surface area contributed by atoms with Gasteiger partial charge in [-0.05, 0) is 134 Å². The van der Waals surface area contributed by atoms with E-state index >= 15 is 0 Å². The molecule has 5 heterocycles. The van der Waals surface area contributed by atoms with Gasteiger partial charge < -0.3 is 69.5 Å². The van der Waals surface area contributed by atoms with Crippen LogP contribution >= 0.6 is 11.3 Å². The van der Waals surface area contributed by atoms with Gasteiger partial charge >= 0.3 is 18.0 Å². The number of aromatic carboxylic acids is 1. The zero-order valence-corrected chi connectivity index (χ0v) is 61.3. The van der Waals surface area contributed by atoms with Crippen molar-refractivity contribution in [1.29, 1.82) is 0 Å². The van der Waals surface area contributed by atoms with Gasteiger partial charge in [0.2, 0.25) is 18.1 Å². The summed E-state index contributed by atoms with van der Waals surface area (Å²) in [6, 6.07) is 24.7. The standard InChI is InChI=1S/C75H85N9O22S2/c1-43-51(48-20-21-52(79-60(48)67(93)94)45-17-16-44-11-10-12-49(50(44)31-45)65(91)81-70-80-53-13-7-8-14-56(53)107-70)33-77-84(43)42-74-37-72(2)36-73(3,38-74)40-75(39-72,41-74)104-28-26-82(4)71(97)103-34-46-18-19-47(105-69-63(90)61(88)62(89)64(106-69)68(95)96)32-55(46)102-30-29-101-27-24-76-66(92)54(35-108(98,99)100)78-57(85)15-6-5-9-25-83-58(86)22-23-59(83)87/h7-8,10-14,16-23,31-33,54,61-64,69,88-90H,5-6,9,15,24-30,34-42H2,1-4H3,(H,76,92)(H,78,85)(H,93,94)(H,95,96)(H,80,81,91)(H,98,99,100)/t54-,61-,62-,63+,64-,69+,72?,73?,74?,75?/m0/s1. The van der Waals surface area contributed by atoms with Crippen molar-refractivity contribution in [2.24, 2.45) is 16.2 Å². The van der Waals surface area contributed by atoms with Gasteiger partial charge in [-0.2, -0.15) is 13.5 Å². The number of carboxylic acid groups (broad SMARTS) is 2. The molecule has 1 saturated heterocycles. The number of nitrogens with one attached hydrogen (secondary N) is 3. The first-order chi connectivity index (χ1) is 51.4. The number of hydrogen-bond donors (Lipinski definition) is 9. The maximum absolute atomic E-state index is 13.8. The maximum atomic E-state index is 13.8. The first-order valence-corrected chi connectivity index (χ1v) is 37.8. The number of aliphatic hydroxyl groups is 3. The Morgan fingerprint density at radius 1 is 0.806 bits per heavy atom. The number of aromatic nitrogens is 4. The van der Waals surface area contributed by atoms with Gasteiger partial charge in [0.15, 0.2) is 16.9 Å². The number of imide groups is 1. The zero-order valence-electron chi connectivity index (χ0n) is 59.7. The average Bonchev–Trinajstić information content (AvgIpc) is 0.757. The number of aliphatic carboxylic acids is 1. The third-order valence-electron chi connectivity index (χ3n) is 20.4. The molecule has 13 rings (SSSR count). The molecule has 7 aromatic rings. The highest BCUT2D eigenvalue weighted by Crippen LogP contribution is 2.72. The first-order valence-electron chi connectivity index (χ1n) is 35.3. The third-order valence-corrected chi connectivity index (χ3v) is 22.1. The number of para-hydroxylation sites is 1. The number of pyridine rings is 1. The summed E-state index contributed by atoms with van der Waals surface area (Å²) in [6.07, 6.45) is -0.125. The van der Waals surface area contributed by atoms with Crippen LogP contribution in [0.15, 0.2) is 109 Å². The Morgan fingerprint density at radius 3 is 2.30 bits per heavy atom. The van der Waals surface area contributed by atoms with Crippen molar-refractivity contribution in [3.05, 3.63) is 132 Å². The van der Waals surface area contributed by atoms with Crippen molar-refractivity contribution >= 4 is 95.1 Å². The molecule has 6 aliphatic rings. The summed E-state index contributed by atoms with van der Waals surface area (Å²) in [5, 5.41) is 66.4. The van der Waals surface area contributed by atoms with Crippen molar-refractivity contribution in [2.75, 3.05) is 64.2 Å². The number of carbonyl (C=O) groups is 8. The second kappa shape index (κ2) is 32.2. The number of aliphatic hydroxyl groups excluding tert-OH is 3. The van der Waals surface area contributed by atoms with Crippen LogP contribution in [-0.4, -0.2) is 217 Å². The van der Waals surface area contributed by atoms with E-state index in [1.54, 1.807) is 31.4 Å². The minimum absolute atomic E-state index is 0.0525. The molecule has 8 atom stereocenters. The van der Waals surface area contributed by atoms with Crippen LogP contribution in [0.3, 0.4) is 0 Å². The zero-order chi connectivity index (χ0) is 77.0. The van der Waals surface area contributed by atoms with Crippen molar-refractivity contribution in [3.63, 3.8) is 0 Å². The van der Waals surface area contributed by atoms with E-state index in [1.165, 1.54) is 34.4 Å². The largest absolute Gasteiger partial charge is 0.491 e. The fourth-order valence-corrected chi connectivity index (χ4v) is 18.2. The van der Waals surface area contributed by atoms with Gasteiger partial charge in [-0.3, -0.25) is 43.4 Å². The van der Waals surface area contributed by atoms with Crippen LogP contribution in [-0.2, 0) is 66.2 Å². The van der Waals surface area contributed by atoms with Crippen molar-refractivity contribution < 1.29 is 105 Å². The van der Waals surface area contributed by atoms with Gasteiger partial charge in [0, 0.05) is 91.4 Å². The summed E-state index contributed by atoms with van der Waals surface area (Å²) in [5.41, 5.74) is 3.24. The van der Waals surface area contributed by atoms with Crippen molar-refractivity contribution in [3.8, 4) is 33.9 Å². The number of nitrogens with zero attached hydrogens (tertiary/aromatic N) is 6. The van der Waals surface area contributed by atoms with Crippen molar-refractivity contribution in [2.45, 2.75) is 140 Å². The average molecular weight is 1530 g/mol. The van der Waals surface area contributed by atoms with Gasteiger partial charge in [-0.25, -0.2) is 24.4 Å². The minimum Gasteiger partial charge on any atom is -0.491 e. The van der Waals surface area contributed by atoms with E-state index in [4.69, 9.17) is 38.5 Å². The Morgan fingerprint density at radius 2 is 1.56 bits per heavy atom. The van der Waals surface area contributed by atoms with Gasteiger partial charge in [0.1, 0.15) is 54.8 Å². The van der Waals surface area contributed by atoms with Crippen molar-refractivity contribution in [1.82, 2.24) is 40.2 Å². The molecule has 0 spiro atoms. The molecule has 3 aromatic heterocycles. The number of likely N-dealkylation sites (N-methyl/N-ethyl adjacent to an activating group) is 1. The lowest BCUT2D eigenvalue weighted by Gasteiger charge is -2.69. The number of carbonyl (C=O) groups excluding carboxylic acids is 6. The molecule has 108 heavy (non-hydrogen) atoms. The molecule has 5 fully saturated rings. The number of benzene rings is 4. The number of ether oxygens (including phenoxy) is 6. The lowest BCUT2D eigenvalue weighted by Crippen LogP contribution is -2.64. The van der Waals surface area contributed by atoms with E-state index in [0.717, 1.165) is 76.9 Å². The molecule has 2 unspecified atom stereocenters. The second-order valence-corrected chi connectivity index (χ2v) is 31.8. The topological polar surface area (TPSA) is 434 Å². The van der Waals surface area contributed by atoms with Crippen LogP contribution in [0.25, 0.3) is 43.4 Å². The fraction of sp³-hybridized carbons (Fsp3) is 0.453. The van der Waals surface area contributed by atoms with E-state index in [0.29, 0.717) is 63.4 Å². The molecule has 31 nitrogen and oxygen atoms in total. The summed E-state index contributed by atoms with van der Waals surface area (Å²) < 4.78 is 71.7. The number of unbranched alkanes of at least 4 members (excludes halogenated alkanes) is 2. The number of amides is 6. The summed E-state index contributed by atoms with van der Waals surface area (Å²) in [5.74, 6) is -6.81. The molecular formula is C75H85N9O22S2. The normalized spacial score (nSPS) is 23.9. The van der Waals surface area contributed by atoms with Crippen LogP contribution < -0.4 is 25.4 Å². The SMILES string of the molecule is Cc1c(-c2ccc(-c3ccc4cccc(C(=O)Nc5nc6ccccc6s5)c4c3)nc2C(=O)O)cnn1CC12CC3(C)CC(C)(C1)CC(OCCN(C)C(=O)OCc1ccc(O[C@@H]4O[C@H](C(=O)O)[C@@H](O)[C@H](O)[C@H]4O)cc1OCCOCCNC(=O)[C@H](CS(=O)(=O)O)NC(=O)CCCCCN1C(=O)C=CC1=O)(C3)C2. The smallest absolute Gasteiger partial charge is 0.409 e. The highest BCUT2D eigenvalue weighted by atomic mass is 32.2. The molecule has 4 aromatic carbocycles. The van der Waals surface area contributed by atoms with Crippen LogP contribution in [0.4, 0.5) is 9.93 Å². The van der Waals surface area contributed by atoms with Crippen LogP contribution in [0.2, 0.25) is 0 Å². The predicted molar refractivity (Wildman–Crippen MR) is 389 cm³/mol. The quantitative estimate of drug-likeness (QED) is 0.0118. The second-order valence-electron chi connectivity index (χ2n) is 29.3. The van der Waals surface area contributed by atoms with Gasteiger partial charge in [-0.1, -0.05) is 68.0 Å². The highest BCUT2D eigenvalue weighted by Gasteiger charge is 2.66. The van der Waals surface area contributed by atoms with E-state index in [-0.39, 0.29) is 105 Å². The van der Waals surface area contributed by atoms with Gasteiger partial charge in [0.25, 0.3) is 27.8 Å². The molecule has 33 heteroatoms. The highest BCUT2D eigenvalue weighted by molar-refractivity contribution is 7.85. The van der Waals surface area contributed by atoms with Gasteiger partial charge in [-0.15, -0.1) is 0 Å². The Hall–Kier alpha value is -9.84. The number of rotatable bonds is 33. The maximum Gasteiger partial charge on any atom is 0.409 e. The number of fused-ring (bicyclic) bond motifs is 2. The molecule has 4 aliphatic carbocycles. The summed E-state index contributed by atoms with van der Waals surface area (Å²) in [6.45, 7) is 6.55. The van der Waals surface area contributed by atoms with Crippen LogP contribution in [0, 0.1) is 23.2 Å². The number of anilines is 1. The van der Waals surface area contributed by atoms with E-state index in [9.17, 15) is 76.9 Å². The monoisotopic (exact) mass is 1530 g/mol. The Labute approximate surface area is 624 Å². The minimum atomic E-state index is -4.75. The van der Waals surface area contributed by atoms with E-state index in [2.05, 4.69) is 34.8 Å². The third kappa shape index (κ3) is 18.0. The van der Waals surface area contributed by atoms with Gasteiger partial charge in [0.05, 0.1) is 47.5 Å². The lowest BCUT2D eigenvalue weighted by atomic mass is 9.39. The molecular weight excluding hydrogens is 1440 g/mol. The molecule has 574 valence electrons. The Kier molecular flexibility index (Phi) is 23.2. The molecule has 9 N–H and O–H groups in total. The fourth-order valence-electron chi connectivity index (χ4n) is 16.7. The molecule has 4 saturated carbocycles. The van der Waals surface area contributed by atoms with Crippen LogP contribution in [0.1, 0.15) is 110 Å². The predicted octanol–water partition coefficient (Wildman–Crippen LogP) is 6.68. The first kappa shape index (κ1) is 77.8. The summed E-state index contributed by atoms with van der Waals surface area (Å²) in [4.78, 5) is 114. The Bertz CT molecular complexity index is 4710. The number of thiazole rings is 1. The van der Waals surface area contributed by atoms with E-state index in [1.807, 2.05) is 66.2 Å². The van der Waals surface area contributed by atoms with Crippen LogP contribution in [0.5, 0.6) is 11.5 Å². The lowest BCUT2D eigenvalue weighted by molar-refractivity contribution is -0.271. The Balaban J connectivity index is 0.654.